The minimum absolute atomic E-state index is 0.266. The lowest BCUT2D eigenvalue weighted by atomic mass is 10.00. The van der Waals surface area contributed by atoms with E-state index in [2.05, 4.69) is 5.32 Å². The first kappa shape index (κ1) is 17.9. The number of hydrogen-bond donors (Lipinski definition) is 1. The van der Waals surface area contributed by atoms with Crippen molar-refractivity contribution in [2.75, 3.05) is 13.2 Å². The van der Waals surface area contributed by atoms with Gasteiger partial charge < -0.3 is 10.1 Å². The average molecular weight is 307 g/mol. The van der Waals surface area contributed by atoms with E-state index >= 15 is 0 Å². The highest BCUT2D eigenvalue weighted by molar-refractivity contribution is 5.29. The predicted molar refractivity (Wildman–Crippen MR) is 73.5 cm³/mol. The molecule has 0 heterocycles. The summed E-state index contributed by atoms with van der Waals surface area (Å²) in [6.07, 6.45) is -4.09. The second-order valence-electron chi connectivity index (χ2n) is 4.83. The van der Waals surface area contributed by atoms with Gasteiger partial charge in [-0.1, -0.05) is 13.0 Å². The fourth-order valence-electron chi connectivity index (χ4n) is 2.17. The molecule has 2 nitrogen and oxygen atoms in total. The normalized spacial score (nSPS) is 15.0. The molecule has 1 aromatic carbocycles. The van der Waals surface area contributed by atoms with E-state index in [0.29, 0.717) is 18.7 Å². The molecule has 1 N–H and O–H groups in total. The topological polar surface area (TPSA) is 21.3 Å². The van der Waals surface area contributed by atoms with Crippen molar-refractivity contribution in [3.8, 4) is 0 Å². The summed E-state index contributed by atoms with van der Waals surface area (Å²) in [6, 6.07) is 2.67. The molecule has 6 heteroatoms. The monoisotopic (exact) mass is 307 g/mol. The van der Waals surface area contributed by atoms with Crippen molar-refractivity contribution in [3.63, 3.8) is 0 Å². The Morgan fingerprint density at radius 1 is 1.24 bits per heavy atom. The van der Waals surface area contributed by atoms with Crippen molar-refractivity contribution in [1.82, 2.24) is 5.32 Å². The van der Waals surface area contributed by atoms with Gasteiger partial charge in [0, 0.05) is 6.61 Å². The minimum atomic E-state index is -4.68. The molecule has 0 spiro atoms. The van der Waals surface area contributed by atoms with Gasteiger partial charge in [-0.2, -0.15) is 13.2 Å². The van der Waals surface area contributed by atoms with Gasteiger partial charge in [-0.3, -0.25) is 0 Å². The molecule has 0 aromatic heterocycles. The fraction of sp³-hybridized carbons (Fsp3) is 0.600. The molecule has 0 saturated heterocycles. The number of benzene rings is 1. The Morgan fingerprint density at radius 2 is 1.90 bits per heavy atom. The predicted octanol–water partition coefficient (Wildman–Crippen LogP) is 4.31. The Bertz CT molecular complexity index is 448. The van der Waals surface area contributed by atoms with Crippen molar-refractivity contribution >= 4 is 0 Å². The summed E-state index contributed by atoms with van der Waals surface area (Å²) in [6.45, 7) is 6.77. The van der Waals surface area contributed by atoms with Crippen LogP contribution in [0, 0.1) is 5.82 Å². The number of ether oxygens (including phenoxy) is 1. The van der Waals surface area contributed by atoms with Gasteiger partial charge in [-0.25, -0.2) is 4.39 Å². The molecule has 2 atom stereocenters. The lowest BCUT2D eigenvalue weighted by Crippen LogP contribution is -2.32. The maximum absolute atomic E-state index is 13.7. The fourth-order valence-corrected chi connectivity index (χ4v) is 2.17. The number of alkyl halides is 3. The summed E-state index contributed by atoms with van der Waals surface area (Å²) in [7, 11) is 0. The highest BCUT2D eigenvalue weighted by atomic mass is 19.4. The lowest BCUT2D eigenvalue weighted by Gasteiger charge is -2.26. The van der Waals surface area contributed by atoms with Crippen molar-refractivity contribution in [2.24, 2.45) is 0 Å². The largest absolute Gasteiger partial charge is 0.419 e. The van der Waals surface area contributed by atoms with Crippen LogP contribution in [-0.2, 0) is 10.9 Å². The molecule has 0 aliphatic rings. The van der Waals surface area contributed by atoms with Gasteiger partial charge in [0.15, 0.2) is 0 Å². The van der Waals surface area contributed by atoms with E-state index in [-0.39, 0.29) is 12.1 Å². The SMILES string of the molecule is CCCNC(c1ccc(C(F)(F)F)c(F)c1)C(C)OCC. The van der Waals surface area contributed by atoms with Crippen molar-refractivity contribution in [2.45, 2.75) is 45.5 Å². The van der Waals surface area contributed by atoms with E-state index in [4.69, 9.17) is 4.74 Å². The van der Waals surface area contributed by atoms with Crippen LogP contribution in [0.15, 0.2) is 18.2 Å². The average Bonchev–Trinajstić information content (AvgIpc) is 2.38. The van der Waals surface area contributed by atoms with Crippen LogP contribution in [0.4, 0.5) is 17.6 Å². The van der Waals surface area contributed by atoms with Crippen molar-refractivity contribution < 1.29 is 22.3 Å². The highest BCUT2D eigenvalue weighted by Crippen LogP contribution is 2.33. The van der Waals surface area contributed by atoms with Crippen LogP contribution in [0.5, 0.6) is 0 Å². The third-order valence-corrected chi connectivity index (χ3v) is 3.17. The Balaban J connectivity index is 3.05. The quantitative estimate of drug-likeness (QED) is 0.758. The van der Waals surface area contributed by atoms with E-state index in [1.807, 2.05) is 20.8 Å². The third kappa shape index (κ3) is 4.97. The molecule has 0 fully saturated rings. The van der Waals surface area contributed by atoms with E-state index < -0.39 is 17.6 Å². The number of hydrogen-bond acceptors (Lipinski definition) is 2. The molecule has 0 amide bonds. The van der Waals surface area contributed by atoms with Gasteiger partial charge in [0.1, 0.15) is 5.82 Å². The summed E-state index contributed by atoms with van der Waals surface area (Å²) in [4.78, 5) is 0. The molecule has 21 heavy (non-hydrogen) atoms. The summed E-state index contributed by atoms with van der Waals surface area (Å²) in [5.41, 5.74) is -0.792. The zero-order chi connectivity index (χ0) is 16.0. The van der Waals surface area contributed by atoms with Crippen LogP contribution in [0.3, 0.4) is 0 Å². The van der Waals surface area contributed by atoms with Crippen LogP contribution in [-0.4, -0.2) is 19.3 Å². The summed E-state index contributed by atoms with van der Waals surface area (Å²) >= 11 is 0. The minimum Gasteiger partial charge on any atom is -0.377 e. The van der Waals surface area contributed by atoms with Gasteiger partial charge in [-0.05, 0) is 44.5 Å². The molecular weight excluding hydrogens is 286 g/mol. The van der Waals surface area contributed by atoms with Crippen LogP contribution >= 0.6 is 0 Å². The maximum Gasteiger partial charge on any atom is 0.419 e. The smallest absolute Gasteiger partial charge is 0.377 e. The van der Waals surface area contributed by atoms with Crippen molar-refractivity contribution in [3.05, 3.63) is 35.1 Å². The van der Waals surface area contributed by atoms with Crippen LogP contribution < -0.4 is 5.32 Å². The van der Waals surface area contributed by atoms with Crippen molar-refractivity contribution in [1.29, 1.82) is 0 Å². The zero-order valence-corrected chi connectivity index (χ0v) is 12.4. The molecule has 0 aliphatic carbocycles. The number of nitrogens with one attached hydrogen (secondary N) is 1. The van der Waals surface area contributed by atoms with E-state index in [1.54, 1.807) is 0 Å². The summed E-state index contributed by atoms with van der Waals surface area (Å²) in [5, 5.41) is 3.18. The first-order valence-corrected chi connectivity index (χ1v) is 7.02. The molecular formula is C15H21F4NO. The molecule has 0 aliphatic heterocycles. The first-order chi connectivity index (χ1) is 9.81. The molecule has 0 bridgehead atoms. The summed E-state index contributed by atoms with van der Waals surface area (Å²) < 4.78 is 56.9. The molecule has 2 unspecified atom stereocenters. The van der Waals surface area contributed by atoms with Crippen LogP contribution in [0.1, 0.15) is 44.4 Å². The Hall–Kier alpha value is -1.14. The Morgan fingerprint density at radius 3 is 2.38 bits per heavy atom. The van der Waals surface area contributed by atoms with E-state index in [9.17, 15) is 17.6 Å². The number of halogens is 4. The standard InChI is InChI=1S/C15H21F4NO/c1-4-8-20-14(10(3)21-5-2)11-6-7-12(13(16)9-11)15(17,18)19/h6-7,9-10,14,20H,4-5,8H2,1-3H3. The second-order valence-corrected chi connectivity index (χ2v) is 4.83. The van der Waals surface area contributed by atoms with Crippen LogP contribution in [0.25, 0.3) is 0 Å². The Labute approximate surface area is 122 Å². The van der Waals surface area contributed by atoms with Gasteiger partial charge in [0.2, 0.25) is 0 Å². The molecule has 0 radical (unpaired) electrons. The van der Waals surface area contributed by atoms with Gasteiger partial charge in [0.05, 0.1) is 17.7 Å². The second kappa shape index (κ2) is 7.75. The molecule has 0 saturated carbocycles. The molecule has 1 aromatic rings. The lowest BCUT2D eigenvalue weighted by molar-refractivity contribution is -0.140. The molecule has 120 valence electrons. The van der Waals surface area contributed by atoms with Gasteiger partial charge in [-0.15, -0.1) is 0 Å². The van der Waals surface area contributed by atoms with E-state index in [0.717, 1.165) is 18.6 Å². The third-order valence-electron chi connectivity index (χ3n) is 3.17. The highest BCUT2D eigenvalue weighted by Gasteiger charge is 2.34. The number of rotatable bonds is 7. The van der Waals surface area contributed by atoms with Crippen LogP contribution in [0.2, 0.25) is 0 Å². The molecule has 1 rings (SSSR count). The maximum atomic E-state index is 13.7. The summed E-state index contributed by atoms with van der Waals surface area (Å²) in [5.74, 6) is -1.26. The Kier molecular flexibility index (Phi) is 6.61. The van der Waals surface area contributed by atoms with E-state index in [1.165, 1.54) is 6.07 Å². The van der Waals surface area contributed by atoms with Gasteiger partial charge in [0.25, 0.3) is 0 Å². The zero-order valence-electron chi connectivity index (χ0n) is 12.4. The first-order valence-electron chi connectivity index (χ1n) is 7.02. The van der Waals surface area contributed by atoms with Gasteiger partial charge >= 0.3 is 6.18 Å².